The zero-order chi connectivity index (χ0) is 24.3. The number of aliphatic hydroxyl groups excluding tert-OH is 1. The van der Waals surface area contributed by atoms with E-state index in [2.05, 4.69) is 5.32 Å². The maximum absolute atomic E-state index is 12.8. The molecule has 0 saturated heterocycles. The topological polar surface area (TPSA) is 145 Å². The van der Waals surface area contributed by atoms with E-state index in [1.165, 1.54) is 11.6 Å². The Morgan fingerprint density at radius 1 is 1.18 bits per heavy atom. The van der Waals surface area contributed by atoms with Gasteiger partial charge in [0.05, 0.1) is 6.61 Å². The smallest absolute Gasteiger partial charge is 0.412 e. The first kappa shape index (κ1) is 24.8. The van der Waals surface area contributed by atoms with Crippen molar-refractivity contribution in [3.05, 3.63) is 60.2 Å². The van der Waals surface area contributed by atoms with Crippen molar-refractivity contribution < 1.29 is 43.6 Å². The van der Waals surface area contributed by atoms with Gasteiger partial charge in [0.2, 0.25) is 6.79 Å². The van der Waals surface area contributed by atoms with E-state index < -0.39 is 24.2 Å². The number of hydrogen-bond donors (Lipinski definition) is 4. The molecule has 3 rings (SSSR count). The monoisotopic (exact) mass is 474 g/mol. The largest absolute Gasteiger partial charge is 0.491 e. The van der Waals surface area contributed by atoms with Gasteiger partial charge < -0.3 is 28.8 Å². The lowest BCUT2D eigenvalue weighted by molar-refractivity contribution is -0.124. The summed E-state index contributed by atoms with van der Waals surface area (Å²) < 4.78 is 27.6. The number of rotatable bonds is 11. The summed E-state index contributed by atoms with van der Waals surface area (Å²) in [6, 6.07) is 11.7. The summed E-state index contributed by atoms with van der Waals surface area (Å²) >= 11 is 0. The van der Waals surface area contributed by atoms with E-state index in [-0.39, 0.29) is 26.6 Å². The number of para-hydroxylation sites is 1. The Bertz CT molecular complexity index is 1010. The quantitative estimate of drug-likeness (QED) is 0.219. The third-order valence-corrected chi connectivity index (χ3v) is 4.63. The van der Waals surface area contributed by atoms with Crippen molar-refractivity contribution in [3.8, 4) is 17.2 Å². The number of hydrogen-bond acceptors (Lipinski definition) is 9. The molecule has 0 aromatic heterocycles. The average Bonchev–Trinajstić information content (AvgIpc) is 3.32. The zero-order valence-electron chi connectivity index (χ0n) is 18.4. The lowest BCUT2D eigenvalue weighted by Crippen LogP contribution is -2.28. The van der Waals surface area contributed by atoms with Crippen LogP contribution in [0.3, 0.4) is 0 Å². The Morgan fingerprint density at radius 3 is 2.74 bits per heavy atom. The van der Waals surface area contributed by atoms with Gasteiger partial charge in [0.15, 0.2) is 17.6 Å². The highest BCUT2D eigenvalue weighted by Gasteiger charge is 2.29. The number of carbonyl (C=O) groups is 2. The van der Waals surface area contributed by atoms with Crippen LogP contribution in [0.25, 0.3) is 0 Å². The van der Waals surface area contributed by atoms with Crippen molar-refractivity contribution in [2.75, 3.05) is 31.9 Å². The van der Waals surface area contributed by atoms with Crippen molar-refractivity contribution in [1.82, 2.24) is 5.48 Å². The average molecular weight is 474 g/mol. The Hall–Kier alpha value is -3.80. The molecule has 11 heteroatoms. The maximum Gasteiger partial charge on any atom is 0.412 e. The number of nitrogens with one attached hydrogen (secondary N) is 2. The van der Waals surface area contributed by atoms with E-state index in [1.54, 1.807) is 49.4 Å². The molecule has 1 aliphatic heterocycles. The van der Waals surface area contributed by atoms with E-state index in [4.69, 9.17) is 34.0 Å². The Morgan fingerprint density at radius 2 is 1.97 bits per heavy atom. The number of amides is 2. The summed E-state index contributed by atoms with van der Waals surface area (Å²) in [7, 11) is 0. The first-order valence-electron chi connectivity index (χ1n) is 10.5. The lowest BCUT2D eigenvalue weighted by atomic mass is 10.0. The fourth-order valence-corrected chi connectivity index (χ4v) is 3.20. The summed E-state index contributed by atoms with van der Waals surface area (Å²) in [6.45, 7) is 1.88. The SMILES string of the molecule is CCO[C@H](/C=C/C(=O)NO)[C@H](OC(=O)Nc1ccc2c(c1)OCO2)c1ccccc1OCCO. The summed E-state index contributed by atoms with van der Waals surface area (Å²) in [5, 5.41) is 20.6. The van der Waals surface area contributed by atoms with Gasteiger partial charge in [-0.2, -0.15) is 0 Å². The van der Waals surface area contributed by atoms with E-state index in [0.29, 0.717) is 28.5 Å². The molecule has 0 saturated carbocycles. The second-order valence-corrected chi connectivity index (χ2v) is 6.88. The van der Waals surface area contributed by atoms with Gasteiger partial charge in [-0.15, -0.1) is 0 Å². The van der Waals surface area contributed by atoms with Crippen molar-refractivity contribution in [1.29, 1.82) is 0 Å². The lowest BCUT2D eigenvalue weighted by Gasteiger charge is -2.27. The minimum absolute atomic E-state index is 0.0230. The third-order valence-electron chi connectivity index (χ3n) is 4.63. The number of hydroxylamine groups is 1. The summed E-state index contributed by atoms with van der Waals surface area (Å²) in [4.78, 5) is 24.4. The summed E-state index contributed by atoms with van der Waals surface area (Å²) in [5.74, 6) is 0.637. The Balaban J connectivity index is 1.88. The molecule has 182 valence electrons. The van der Waals surface area contributed by atoms with Gasteiger partial charge in [0, 0.05) is 30.0 Å². The van der Waals surface area contributed by atoms with Crippen molar-refractivity contribution in [2.24, 2.45) is 0 Å². The van der Waals surface area contributed by atoms with Gasteiger partial charge in [0.25, 0.3) is 5.91 Å². The molecule has 11 nitrogen and oxygen atoms in total. The first-order chi connectivity index (χ1) is 16.5. The van der Waals surface area contributed by atoms with Crippen LogP contribution in [0.5, 0.6) is 17.2 Å². The van der Waals surface area contributed by atoms with Crippen molar-refractivity contribution in [3.63, 3.8) is 0 Å². The molecule has 2 amide bonds. The van der Waals surface area contributed by atoms with Gasteiger partial charge in [-0.3, -0.25) is 15.3 Å². The molecule has 1 aliphatic rings. The van der Waals surface area contributed by atoms with Crippen LogP contribution in [0.2, 0.25) is 0 Å². The molecule has 0 radical (unpaired) electrons. The van der Waals surface area contributed by atoms with Crippen LogP contribution in [-0.4, -0.2) is 55.0 Å². The number of aliphatic hydroxyl groups is 1. The fraction of sp³-hybridized carbons (Fsp3) is 0.304. The highest BCUT2D eigenvalue weighted by Crippen LogP contribution is 2.35. The normalized spacial score (nSPS) is 13.9. The van der Waals surface area contributed by atoms with Gasteiger partial charge in [-0.25, -0.2) is 10.3 Å². The van der Waals surface area contributed by atoms with Crippen LogP contribution in [0.15, 0.2) is 54.6 Å². The van der Waals surface area contributed by atoms with E-state index >= 15 is 0 Å². The molecule has 4 N–H and O–H groups in total. The predicted molar refractivity (Wildman–Crippen MR) is 119 cm³/mol. The third kappa shape index (κ3) is 6.61. The zero-order valence-corrected chi connectivity index (χ0v) is 18.4. The molecule has 0 bridgehead atoms. The highest BCUT2D eigenvalue weighted by molar-refractivity contribution is 5.87. The van der Waals surface area contributed by atoms with Crippen molar-refractivity contribution in [2.45, 2.75) is 19.1 Å². The number of carbonyl (C=O) groups excluding carboxylic acids is 2. The Kier molecular flexibility index (Phi) is 9.09. The predicted octanol–water partition coefficient (Wildman–Crippen LogP) is 2.54. The van der Waals surface area contributed by atoms with Crippen LogP contribution in [0.4, 0.5) is 10.5 Å². The standard InChI is InChI=1S/C23H26N2O9/c1-2-30-19(9-10-21(27)25-29)22(16-5-3-4-6-17(16)31-12-11-26)34-23(28)24-15-7-8-18-20(13-15)33-14-32-18/h3-10,13,19,22,26,29H,2,11-12,14H2,1H3,(H,24,28)(H,25,27)/b10-9+/t19-,22-/m1/s1. The van der Waals surface area contributed by atoms with Gasteiger partial charge in [-0.1, -0.05) is 18.2 Å². The van der Waals surface area contributed by atoms with Crippen LogP contribution >= 0.6 is 0 Å². The van der Waals surface area contributed by atoms with E-state index in [9.17, 15) is 9.59 Å². The molecule has 34 heavy (non-hydrogen) atoms. The van der Waals surface area contributed by atoms with Crippen LogP contribution in [-0.2, 0) is 14.3 Å². The van der Waals surface area contributed by atoms with Gasteiger partial charge in [-0.05, 0) is 31.2 Å². The van der Waals surface area contributed by atoms with Crippen LogP contribution in [0.1, 0.15) is 18.6 Å². The van der Waals surface area contributed by atoms with Gasteiger partial charge >= 0.3 is 6.09 Å². The fourth-order valence-electron chi connectivity index (χ4n) is 3.20. The highest BCUT2D eigenvalue weighted by atomic mass is 16.7. The molecule has 0 unspecified atom stereocenters. The molecule has 2 atom stereocenters. The minimum atomic E-state index is -1.05. The molecular weight excluding hydrogens is 448 g/mol. The second kappa shape index (κ2) is 12.4. The molecular formula is C23H26N2O9. The van der Waals surface area contributed by atoms with E-state index in [0.717, 1.165) is 6.08 Å². The molecule has 0 spiro atoms. The second-order valence-electron chi connectivity index (χ2n) is 6.88. The molecule has 1 heterocycles. The minimum Gasteiger partial charge on any atom is -0.491 e. The molecule has 0 aliphatic carbocycles. The van der Waals surface area contributed by atoms with Gasteiger partial charge in [0.1, 0.15) is 18.5 Å². The molecule has 2 aromatic rings. The maximum atomic E-state index is 12.8. The summed E-state index contributed by atoms with van der Waals surface area (Å²) in [5.41, 5.74) is 2.36. The number of ether oxygens (including phenoxy) is 5. The summed E-state index contributed by atoms with van der Waals surface area (Å²) in [6.07, 6.45) is -0.346. The number of anilines is 1. The molecule has 2 aromatic carbocycles. The van der Waals surface area contributed by atoms with Crippen LogP contribution in [0, 0.1) is 0 Å². The van der Waals surface area contributed by atoms with Crippen LogP contribution < -0.4 is 25.0 Å². The first-order valence-corrected chi connectivity index (χ1v) is 10.5. The molecule has 0 fully saturated rings. The van der Waals surface area contributed by atoms with Crippen molar-refractivity contribution >= 4 is 17.7 Å². The number of benzene rings is 2. The Labute approximate surface area is 195 Å². The number of fused-ring (bicyclic) bond motifs is 1. The van der Waals surface area contributed by atoms with E-state index in [1.807, 2.05) is 0 Å².